The monoisotopic (exact) mass is 239 g/mol. The maximum atomic E-state index is 10.3. The second-order valence-electron chi connectivity index (χ2n) is 2.83. The summed E-state index contributed by atoms with van der Waals surface area (Å²) in [7, 11) is 1.63. The molecule has 0 amide bonds. The minimum absolute atomic E-state index is 0. The van der Waals surface area contributed by atoms with Gasteiger partial charge < -0.3 is 14.8 Å². The van der Waals surface area contributed by atoms with Crippen LogP contribution in [0.3, 0.4) is 0 Å². The Bertz CT molecular complexity index is 360. The number of hydrogen-bond donors (Lipinski definition) is 0. The summed E-state index contributed by atoms with van der Waals surface area (Å²) >= 11 is 11.5. The Kier molecular flexibility index (Phi) is 6.15. The van der Waals surface area contributed by atoms with Crippen molar-refractivity contribution in [1.82, 2.24) is 0 Å². The molecule has 76 valence electrons. The molecule has 0 radical (unpaired) electrons. The molecule has 0 aromatic heterocycles. The standard InChI is InChI=1S/C9H9Cl2NO2.Li/c1-12(5-9(13)14)6-2-3-7(10)8(11)4-6;/h2-4H,5H2,1H3,(H,13,14);/q;+1/p-1. The van der Waals surface area contributed by atoms with Crippen LogP contribution >= 0.6 is 23.2 Å². The van der Waals surface area contributed by atoms with Gasteiger partial charge in [0, 0.05) is 12.7 Å². The van der Waals surface area contributed by atoms with E-state index < -0.39 is 5.97 Å². The summed E-state index contributed by atoms with van der Waals surface area (Å²) in [5.41, 5.74) is 0.684. The molecule has 6 heteroatoms. The molecule has 1 aromatic rings. The second kappa shape index (κ2) is 6.29. The van der Waals surface area contributed by atoms with Gasteiger partial charge in [0.25, 0.3) is 0 Å². The van der Waals surface area contributed by atoms with Crippen LogP contribution in [0, 0.1) is 0 Å². The molecule has 0 aliphatic rings. The van der Waals surface area contributed by atoms with Crippen molar-refractivity contribution in [3.8, 4) is 0 Å². The van der Waals surface area contributed by atoms with Gasteiger partial charge in [-0.15, -0.1) is 0 Å². The SMILES string of the molecule is CN(CC(=O)[O-])c1ccc(Cl)c(Cl)c1.[Li+]. The summed E-state index contributed by atoms with van der Waals surface area (Å²) in [6.07, 6.45) is 0. The molecule has 0 aliphatic heterocycles. The van der Waals surface area contributed by atoms with E-state index in [1.165, 1.54) is 4.90 Å². The molecule has 1 rings (SSSR count). The van der Waals surface area contributed by atoms with Gasteiger partial charge in [-0.05, 0) is 18.2 Å². The first-order valence-corrected chi connectivity index (χ1v) is 4.62. The Hall–Kier alpha value is -0.333. The molecule has 0 fully saturated rings. The molecule has 1 aromatic carbocycles. The zero-order valence-corrected chi connectivity index (χ0v) is 9.97. The molecule has 0 unspecified atom stereocenters. The molecule has 0 saturated carbocycles. The summed E-state index contributed by atoms with van der Waals surface area (Å²) in [4.78, 5) is 11.8. The Labute approximate surface area is 110 Å². The number of benzene rings is 1. The fourth-order valence-corrected chi connectivity index (χ4v) is 1.30. The average Bonchev–Trinajstić information content (AvgIpc) is 2.08. The van der Waals surface area contributed by atoms with Gasteiger partial charge in [-0.1, -0.05) is 23.2 Å². The molecule has 0 atom stereocenters. The van der Waals surface area contributed by atoms with Gasteiger partial charge in [-0.3, -0.25) is 0 Å². The van der Waals surface area contributed by atoms with Crippen LogP contribution in [-0.2, 0) is 4.79 Å². The predicted octanol–water partition coefficient (Wildman–Crippen LogP) is -1.82. The number of carbonyl (C=O) groups is 1. The Morgan fingerprint density at radius 1 is 1.40 bits per heavy atom. The van der Waals surface area contributed by atoms with Crippen molar-refractivity contribution in [1.29, 1.82) is 0 Å². The first kappa shape index (κ1) is 14.7. The van der Waals surface area contributed by atoms with Crippen LogP contribution < -0.4 is 28.9 Å². The molecule has 0 heterocycles. The van der Waals surface area contributed by atoms with Gasteiger partial charge in [0.05, 0.1) is 22.6 Å². The average molecular weight is 240 g/mol. The smallest absolute Gasteiger partial charge is 0.548 e. The molecule has 15 heavy (non-hydrogen) atoms. The van der Waals surface area contributed by atoms with E-state index in [1.54, 1.807) is 25.2 Å². The number of carboxylic acid groups (broad SMARTS) is 1. The van der Waals surface area contributed by atoms with Crippen molar-refractivity contribution in [3.63, 3.8) is 0 Å². The fraction of sp³-hybridized carbons (Fsp3) is 0.222. The van der Waals surface area contributed by atoms with E-state index in [2.05, 4.69) is 0 Å². The van der Waals surface area contributed by atoms with Crippen LogP contribution in [0.1, 0.15) is 0 Å². The quantitative estimate of drug-likeness (QED) is 0.584. The van der Waals surface area contributed by atoms with E-state index in [9.17, 15) is 9.90 Å². The van der Waals surface area contributed by atoms with Gasteiger partial charge in [-0.25, -0.2) is 0 Å². The van der Waals surface area contributed by atoms with E-state index in [4.69, 9.17) is 23.2 Å². The van der Waals surface area contributed by atoms with E-state index >= 15 is 0 Å². The number of carboxylic acids is 1. The second-order valence-corrected chi connectivity index (χ2v) is 3.64. The minimum atomic E-state index is -1.14. The molecule has 0 spiro atoms. The van der Waals surface area contributed by atoms with Gasteiger partial charge in [0.15, 0.2) is 0 Å². The van der Waals surface area contributed by atoms with Gasteiger partial charge in [0.2, 0.25) is 0 Å². The maximum Gasteiger partial charge on any atom is 1.00 e. The zero-order chi connectivity index (χ0) is 10.7. The zero-order valence-electron chi connectivity index (χ0n) is 8.46. The number of hydrogen-bond acceptors (Lipinski definition) is 3. The van der Waals surface area contributed by atoms with Crippen molar-refractivity contribution in [3.05, 3.63) is 28.2 Å². The number of halogens is 2. The van der Waals surface area contributed by atoms with Crippen molar-refractivity contribution in [2.45, 2.75) is 0 Å². The van der Waals surface area contributed by atoms with E-state index in [0.29, 0.717) is 15.7 Å². The number of carbonyl (C=O) groups excluding carboxylic acids is 1. The van der Waals surface area contributed by atoms with Crippen LogP contribution in [0.15, 0.2) is 18.2 Å². The number of aliphatic carboxylic acids is 1. The summed E-state index contributed by atoms with van der Waals surface area (Å²) in [6, 6.07) is 4.91. The topological polar surface area (TPSA) is 43.4 Å². The number of anilines is 1. The third-order valence-electron chi connectivity index (χ3n) is 1.71. The van der Waals surface area contributed by atoms with E-state index in [1.807, 2.05) is 0 Å². The third kappa shape index (κ3) is 4.36. The predicted molar refractivity (Wildman–Crippen MR) is 54.7 cm³/mol. The summed E-state index contributed by atoms with van der Waals surface area (Å²) < 4.78 is 0. The van der Waals surface area contributed by atoms with Crippen molar-refractivity contribution >= 4 is 34.9 Å². The largest absolute Gasteiger partial charge is 1.00 e. The first-order chi connectivity index (χ1) is 6.50. The van der Waals surface area contributed by atoms with Crippen molar-refractivity contribution in [2.75, 3.05) is 18.5 Å². The van der Waals surface area contributed by atoms with Crippen LogP contribution in [0.4, 0.5) is 5.69 Å². The Morgan fingerprint density at radius 3 is 2.47 bits per heavy atom. The first-order valence-electron chi connectivity index (χ1n) is 3.86. The Balaban J connectivity index is 0.00000196. The van der Waals surface area contributed by atoms with Gasteiger partial charge in [-0.2, -0.15) is 0 Å². The molecule has 0 N–H and O–H groups in total. The van der Waals surface area contributed by atoms with Crippen LogP contribution in [0.2, 0.25) is 10.0 Å². The van der Waals surface area contributed by atoms with Crippen molar-refractivity contribution < 1.29 is 28.8 Å². The number of nitrogens with zero attached hydrogens (tertiary/aromatic N) is 1. The summed E-state index contributed by atoms with van der Waals surface area (Å²) in [5.74, 6) is -1.14. The fourth-order valence-electron chi connectivity index (χ4n) is 1.01. The summed E-state index contributed by atoms with van der Waals surface area (Å²) in [6.45, 7) is -0.183. The van der Waals surface area contributed by atoms with Gasteiger partial charge >= 0.3 is 18.9 Å². The molecular formula is C9H8Cl2LiNO2. The molecular weight excluding hydrogens is 232 g/mol. The molecule has 3 nitrogen and oxygen atoms in total. The minimum Gasteiger partial charge on any atom is -0.548 e. The van der Waals surface area contributed by atoms with Crippen LogP contribution in [0.25, 0.3) is 0 Å². The molecule has 0 bridgehead atoms. The van der Waals surface area contributed by atoms with Crippen molar-refractivity contribution in [2.24, 2.45) is 0 Å². The summed E-state index contributed by atoms with van der Waals surface area (Å²) in [5, 5.41) is 11.2. The van der Waals surface area contributed by atoms with Crippen LogP contribution in [-0.4, -0.2) is 19.6 Å². The maximum absolute atomic E-state index is 10.3. The third-order valence-corrected chi connectivity index (χ3v) is 2.45. The van der Waals surface area contributed by atoms with Gasteiger partial charge in [0.1, 0.15) is 0 Å². The van der Waals surface area contributed by atoms with E-state index in [-0.39, 0.29) is 25.4 Å². The van der Waals surface area contributed by atoms with Crippen LogP contribution in [0.5, 0.6) is 0 Å². The number of likely N-dealkylation sites (N-methyl/N-ethyl adjacent to an activating group) is 1. The Morgan fingerprint density at radius 2 is 2.00 bits per heavy atom. The molecule has 0 saturated heterocycles. The van der Waals surface area contributed by atoms with E-state index in [0.717, 1.165) is 0 Å². The molecule has 0 aliphatic carbocycles. The normalized spacial score (nSPS) is 9.27. The number of rotatable bonds is 3.